The highest BCUT2D eigenvalue weighted by Crippen LogP contribution is 2.26. The minimum atomic E-state index is -0.169. The Labute approximate surface area is 186 Å². The molecule has 1 aliphatic rings. The van der Waals surface area contributed by atoms with Crippen molar-refractivity contribution in [3.05, 3.63) is 94.2 Å². The lowest BCUT2D eigenvalue weighted by Crippen LogP contribution is -2.37. The molecule has 0 amide bonds. The third kappa shape index (κ3) is 3.80. The quantitative estimate of drug-likeness (QED) is 0.487. The smallest absolute Gasteiger partial charge is 0.297 e. The van der Waals surface area contributed by atoms with Crippen molar-refractivity contribution in [2.45, 2.75) is 19.5 Å². The fourth-order valence-corrected chi connectivity index (χ4v) is 4.15. The Morgan fingerprint density at radius 1 is 1.00 bits per heavy atom. The summed E-state index contributed by atoms with van der Waals surface area (Å²) in [6.45, 7) is 2.08. The molecule has 162 valence electrons. The average Bonchev–Trinajstić information content (AvgIpc) is 3.26. The monoisotopic (exact) mass is 427 g/mol. The van der Waals surface area contributed by atoms with E-state index < -0.39 is 0 Å². The molecule has 0 fully saturated rings. The van der Waals surface area contributed by atoms with Crippen LogP contribution in [-0.2, 0) is 19.5 Å². The van der Waals surface area contributed by atoms with Gasteiger partial charge < -0.3 is 9.80 Å². The summed E-state index contributed by atoms with van der Waals surface area (Å²) in [7, 11) is 3.97. The highest BCUT2D eigenvalue weighted by molar-refractivity contribution is 5.62. The summed E-state index contributed by atoms with van der Waals surface area (Å²) >= 11 is 0. The lowest BCUT2D eigenvalue weighted by molar-refractivity contribution is 0.396. The Hall–Kier alpha value is -3.78. The number of anilines is 1. The maximum Gasteiger partial charge on any atom is 0.297 e. The van der Waals surface area contributed by atoms with Gasteiger partial charge in [0.05, 0.1) is 23.8 Å². The zero-order chi connectivity index (χ0) is 22.1. The maximum atomic E-state index is 13.7. The molecule has 8 heteroatoms. The van der Waals surface area contributed by atoms with Crippen LogP contribution in [-0.4, -0.2) is 50.3 Å². The highest BCUT2D eigenvalue weighted by Gasteiger charge is 2.24. The van der Waals surface area contributed by atoms with E-state index in [1.54, 1.807) is 10.9 Å². The lowest BCUT2D eigenvalue weighted by atomic mass is 9.99. The first-order valence-electron chi connectivity index (χ1n) is 10.7. The Morgan fingerprint density at radius 3 is 2.53 bits per heavy atom. The number of para-hydroxylation sites is 1. The molecule has 0 aliphatic carbocycles. The van der Waals surface area contributed by atoms with Gasteiger partial charge in [0.1, 0.15) is 11.4 Å². The van der Waals surface area contributed by atoms with Gasteiger partial charge >= 0.3 is 0 Å². The molecule has 0 saturated carbocycles. The second-order valence-corrected chi connectivity index (χ2v) is 8.26. The van der Waals surface area contributed by atoms with E-state index in [4.69, 9.17) is 0 Å². The van der Waals surface area contributed by atoms with Gasteiger partial charge in [0, 0.05) is 19.6 Å². The van der Waals surface area contributed by atoms with Crippen molar-refractivity contribution in [1.29, 1.82) is 0 Å². The zero-order valence-electron chi connectivity index (χ0n) is 18.2. The Bertz CT molecular complexity index is 1290. The van der Waals surface area contributed by atoms with E-state index in [1.807, 2.05) is 61.6 Å². The predicted octanol–water partition coefficient (Wildman–Crippen LogP) is 2.44. The largest absolute Gasteiger partial charge is 0.361 e. The van der Waals surface area contributed by atoms with E-state index in [0.29, 0.717) is 24.5 Å². The molecule has 0 radical (unpaired) electrons. The van der Waals surface area contributed by atoms with Crippen LogP contribution in [0.25, 0.3) is 11.4 Å². The fraction of sp³-hybridized carbons (Fsp3) is 0.250. The number of rotatable bonds is 5. The van der Waals surface area contributed by atoms with Crippen LogP contribution in [0, 0.1) is 0 Å². The summed E-state index contributed by atoms with van der Waals surface area (Å²) in [5.74, 6) is 0. The number of fused-ring (bicyclic) bond motifs is 1. The van der Waals surface area contributed by atoms with Gasteiger partial charge in [-0.2, -0.15) is 9.78 Å². The van der Waals surface area contributed by atoms with E-state index >= 15 is 0 Å². The van der Waals surface area contributed by atoms with Crippen LogP contribution in [0.4, 0.5) is 5.69 Å². The second kappa shape index (κ2) is 8.39. The van der Waals surface area contributed by atoms with Crippen LogP contribution in [0.2, 0.25) is 0 Å². The topological polar surface area (TPSA) is 72.1 Å². The van der Waals surface area contributed by atoms with Crippen molar-refractivity contribution in [3.63, 3.8) is 0 Å². The molecule has 4 aromatic rings. The molecule has 3 heterocycles. The molecule has 8 nitrogen and oxygen atoms in total. The van der Waals surface area contributed by atoms with Crippen molar-refractivity contribution in [2.75, 3.05) is 25.5 Å². The molecule has 32 heavy (non-hydrogen) atoms. The van der Waals surface area contributed by atoms with Crippen LogP contribution >= 0.6 is 0 Å². The molecular weight excluding hydrogens is 402 g/mol. The summed E-state index contributed by atoms with van der Waals surface area (Å²) < 4.78 is 3.12. The minimum absolute atomic E-state index is 0.169. The van der Waals surface area contributed by atoms with E-state index in [9.17, 15) is 4.79 Å². The molecule has 0 N–H and O–H groups in total. The molecule has 0 saturated heterocycles. The van der Waals surface area contributed by atoms with E-state index in [2.05, 4.69) is 38.5 Å². The molecule has 5 rings (SSSR count). The van der Waals surface area contributed by atoms with Gasteiger partial charge in [-0.15, -0.1) is 5.10 Å². The van der Waals surface area contributed by atoms with Gasteiger partial charge in [0.2, 0.25) is 0 Å². The summed E-state index contributed by atoms with van der Waals surface area (Å²) in [4.78, 5) is 17.9. The second-order valence-electron chi connectivity index (χ2n) is 8.26. The number of nitrogens with zero attached hydrogens (tertiary/aromatic N) is 7. The molecule has 0 spiro atoms. The van der Waals surface area contributed by atoms with Crippen molar-refractivity contribution >= 4 is 5.69 Å². The molecule has 0 bridgehead atoms. The van der Waals surface area contributed by atoms with Crippen LogP contribution in [0.15, 0.2) is 71.8 Å². The first kappa shape index (κ1) is 20.1. The van der Waals surface area contributed by atoms with Gasteiger partial charge in [-0.3, -0.25) is 4.79 Å². The van der Waals surface area contributed by atoms with Crippen molar-refractivity contribution in [1.82, 2.24) is 29.7 Å². The van der Waals surface area contributed by atoms with Crippen LogP contribution in [0.3, 0.4) is 0 Å². The summed E-state index contributed by atoms with van der Waals surface area (Å²) in [5, 5.41) is 13.1. The van der Waals surface area contributed by atoms with Crippen LogP contribution < -0.4 is 10.5 Å². The van der Waals surface area contributed by atoms with Gasteiger partial charge in [-0.25, -0.2) is 4.68 Å². The number of hydrogen-bond donors (Lipinski definition) is 0. The predicted molar refractivity (Wildman–Crippen MR) is 123 cm³/mol. The Balaban J connectivity index is 1.63. The normalized spacial score (nSPS) is 13.4. The molecule has 0 unspecified atom stereocenters. The number of benzene rings is 2. The Morgan fingerprint density at radius 2 is 1.75 bits per heavy atom. The number of hydrogen-bond acceptors (Lipinski definition) is 6. The maximum absolute atomic E-state index is 13.7. The highest BCUT2D eigenvalue weighted by atomic mass is 16.1. The van der Waals surface area contributed by atoms with Crippen molar-refractivity contribution < 1.29 is 0 Å². The van der Waals surface area contributed by atoms with Crippen LogP contribution in [0.5, 0.6) is 0 Å². The standard InChI is InChI=1S/C24H25N7O/c1-28(2)16-20-17-30(27-26-20)22-14-25-31(21-10-4-3-5-11-21)24(32)23(22)29-13-12-18-8-6-7-9-19(18)15-29/h3-11,14,17H,12-13,15-16H2,1-2H3. The minimum Gasteiger partial charge on any atom is -0.361 e. The van der Waals surface area contributed by atoms with Crippen molar-refractivity contribution in [3.8, 4) is 11.4 Å². The van der Waals surface area contributed by atoms with Gasteiger partial charge in [-0.05, 0) is 43.8 Å². The van der Waals surface area contributed by atoms with Gasteiger partial charge in [0.15, 0.2) is 0 Å². The number of aromatic nitrogens is 5. The first-order chi connectivity index (χ1) is 15.6. The first-order valence-corrected chi connectivity index (χ1v) is 10.7. The molecular formula is C24H25N7O. The van der Waals surface area contributed by atoms with E-state index in [0.717, 1.165) is 24.3 Å². The fourth-order valence-electron chi connectivity index (χ4n) is 4.15. The van der Waals surface area contributed by atoms with Gasteiger partial charge in [-0.1, -0.05) is 47.7 Å². The SMILES string of the molecule is CN(C)Cc1cn(-c2cnn(-c3ccccc3)c(=O)c2N2CCc3ccccc3C2)nn1. The molecule has 2 aromatic carbocycles. The third-order valence-corrected chi connectivity index (χ3v) is 5.65. The van der Waals surface area contributed by atoms with Gasteiger partial charge in [0.25, 0.3) is 5.56 Å². The van der Waals surface area contributed by atoms with E-state index in [1.165, 1.54) is 15.8 Å². The van der Waals surface area contributed by atoms with Crippen molar-refractivity contribution in [2.24, 2.45) is 0 Å². The molecule has 0 atom stereocenters. The third-order valence-electron chi connectivity index (χ3n) is 5.65. The lowest BCUT2D eigenvalue weighted by Gasteiger charge is -2.31. The summed E-state index contributed by atoms with van der Waals surface area (Å²) in [6, 6.07) is 17.9. The van der Waals surface area contributed by atoms with Crippen LogP contribution in [0.1, 0.15) is 16.8 Å². The summed E-state index contributed by atoms with van der Waals surface area (Å²) in [6.07, 6.45) is 4.45. The summed E-state index contributed by atoms with van der Waals surface area (Å²) in [5.41, 5.74) is 5.18. The molecule has 1 aliphatic heterocycles. The zero-order valence-corrected chi connectivity index (χ0v) is 18.2. The van der Waals surface area contributed by atoms with E-state index in [-0.39, 0.29) is 5.56 Å². The Kier molecular flexibility index (Phi) is 5.28. The average molecular weight is 428 g/mol. The molecule has 2 aromatic heterocycles.